The highest BCUT2D eigenvalue weighted by Gasteiger charge is 2.50. The Morgan fingerprint density at radius 2 is 0.810 bits per heavy atom. The molecule has 0 atom stereocenters. The molecule has 1 heterocycles. The maximum atomic E-state index is 2.53. The number of rotatable bonds is 7. The van der Waals surface area contributed by atoms with E-state index in [1.165, 1.54) is 81.4 Å². The Morgan fingerprint density at radius 3 is 1.47 bits per heavy atom. The lowest BCUT2D eigenvalue weighted by atomic mass is 9.91. The highest BCUT2D eigenvalue weighted by Crippen LogP contribution is 2.47. The van der Waals surface area contributed by atoms with Gasteiger partial charge in [0.2, 0.25) is 0 Å². The first kappa shape index (κ1) is 34.0. The van der Waals surface area contributed by atoms with Gasteiger partial charge in [-0.15, -0.1) is 0 Å². The molecule has 0 spiro atoms. The van der Waals surface area contributed by atoms with Gasteiger partial charge in [-0.3, -0.25) is 0 Å². The molecular formula is C56H39NSi. The molecule has 0 radical (unpaired) electrons. The van der Waals surface area contributed by atoms with Gasteiger partial charge in [-0.05, 0) is 89.0 Å². The smallest absolute Gasteiger partial charge is 0.180 e. The van der Waals surface area contributed by atoms with Crippen molar-refractivity contribution in [2.45, 2.75) is 0 Å². The highest BCUT2D eigenvalue weighted by atomic mass is 28.3. The zero-order chi connectivity index (χ0) is 38.5. The van der Waals surface area contributed by atoms with E-state index in [1.807, 2.05) is 0 Å². The predicted molar refractivity (Wildman–Crippen MR) is 250 cm³/mol. The lowest BCUT2D eigenvalue weighted by molar-refractivity contribution is 1.30. The summed E-state index contributed by atoms with van der Waals surface area (Å²) < 4.78 is 0. The van der Waals surface area contributed by atoms with Crippen LogP contribution in [0.3, 0.4) is 0 Å². The minimum Gasteiger partial charge on any atom is -0.309 e. The lowest BCUT2D eigenvalue weighted by Gasteiger charge is -2.33. The molecule has 0 fully saturated rings. The molecule has 10 aromatic rings. The lowest BCUT2D eigenvalue weighted by Crippen LogP contribution is -2.72. The summed E-state index contributed by atoms with van der Waals surface area (Å²) in [6.07, 6.45) is 0. The van der Waals surface area contributed by atoms with Gasteiger partial charge in [-0.25, -0.2) is 0 Å². The number of fused-ring (bicyclic) bond motifs is 5. The van der Waals surface area contributed by atoms with Crippen LogP contribution in [0.5, 0.6) is 0 Å². The molecule has 0 aliphatic carbocycles. The minimum atomic E-state index is -2.76. The molecule has 0 saturated carbocycles. The van der Waals surface area contributed by atoms with Crippen molar-refractivity contribution in [1.82, 2.24) is 0 Å². The van der Waals surface area contributed by atoms with Crippen molar-refractivity contribution in [3.05, 3.63) is 237 Å². The number of anilines is 3. The van der Waals surface area contributed by atoms with E-state index in [1.54, 1.807) is 0 Å². The molecular weight excluding hydrogens is 715 g/mol. The van der Waals surface area contributed by atoms with Gasteiger partial charge in [0.1, 0.15) is 0 Å². The summed E-state index contributed by atoms with van der Waals surface area (Å²) in [5, 5.41) is 10.7. The first-order chi connectivity index (χ1) is 28.8. The van der Waals surface area contributed by atoms with Gasteiger partial charge in [-0.1, -0.05) is 212 Å². The van der Waals surface area contributed by atoms with Crippen molar-refractivity contribution in [3.8, 4) is 33.4 Å². The molecule has 1 aliphatic rings. The quantitative estimate of drug-likeness (QED) is 0.147. The van der Waals surface area contributed by atoms with Gasteiger partial charge >= 0.3 is 0 Å². The maximum absolute atomic E-state index is 2.76. The Kier molecular flexibility index (Phi) is 8.23. The number of para-hydroxylation sites is 1. The summed E-state index contributed by atoms with van der Waals surface area (Å²) in [6, 6.07) is 87.6. The van der Waals surface area contributed by atoms with Crippen LogP contribution in [-0.2, 0) is 0 Å². The van der Waals surface area contributed by atoms with Crippen LogP contribution in [0.4, 0.5) is 17.1 Å². The van der Waals surface area contributed by atoms with Crippen molar-refractivity contribution in [2.24, 2.45) is 0 Å². The van der Waals surface area contributed by atoms with Gasteiger partial charge in [-0.2, -0.15) is 0 Å². The molecule has 0 unspecified atom stereocenters. The summed E-state index contributed by atoms with van der Waals surface area (Å²) in [4.78, 5) is 2.51. The summed E-state index contributed by atoms with van der Waals surface area (Å²) >= 11 is 0. The standard InChI is InChI=1S/C56H39NSi/c1-5-19-40(20-6-1)48-32-17-22-42-23-18-33-49(54(42)48)41-35-37-45(38-36-41)57(44-24-7-2-8-25-44)56-50-30-14-13-21-43(50)39-53-55(56)51-31-15-16-34-52(51)58(53,46-26-9-3-10-27-46)47-28-11-4-12-29-47/h1-39H. The van der Waals surface area contributed by atoms with Crippen LogP contribution in [-0.4, -0.2) is 8.07 Å². The second kappa shape index (κ2) is 14.0. The fourth-order valence-corrected chi connectivity index (χ4v) is 14.9. The SMILES string of the molecule is c1ccc(-c2cccc3cccc(-c4ccc(N(c5ccccc5)c5c6c(cc7ccccc57)[Si](c5ccccc5)(c5ccccc5)c5ccccc5-6)cc4)c23)cc1. The second-order valence-electron chi connectivity index (χ2n) is 15.2. The predicted octanol–water partition coefficient (Wildman–Crippen LogP) is 12.2. The van der Waals surface area contributed by atoms with Gasteiger partial charge in [0.15, 0.2) is 8.07 Å². The average molecular weight is 754 g/mol. The topological polar surface area (TPSA) is 3.24 Å². The zero-order valence-electron chi connectivity index (χ0n) is 32.0. The van der Waals surface area contributed by atoms with E-state index in [9.17, 15) is 0 Å². The fraction of sp³-hybridized carbons (Fsp3) is 0. The van der Waals surface area contributed by atoms with Gasteiger partial charge < -0.3 is 4.90 Å². The minimum absolute atomic E-state index is 1.12. The Labute approximate surface area is 340 Å². The Balaban J connectivity index is 1.18. The molecule has 272 valence electrons. The Bertz CT molecular complexity index is 3040. The first-order valence-electron chi connectivity index (χ1n) is 20.1. The Hall–Kier alpha value is -7.26. The van der Waals surface area contributed by atoms with E-state index in [2.05, 4.69) is 241 Å². The van der Waals surface area contributed by atoms with E-state index in [0.29, 0.717) is 0 Å². The number of hydrogen-bond donors (Lipinski definition) is 0. The van der Waals surface area contributed by atoms with E-state index in [4.69, 9.17) is 0 Å². The molecule has 58 heavy (non-hydrogen) atoms. The summed E-state index contributed by atoms with van der Waals surface area (Å²) in [5.41, 5.74) is 11.0. The largest absolute Gasteiger partial charge is 0.309 e. The zero-order valence-corrected chi connectivity index (χ0v) is 33.0. The van der Waals surface area contributed by atoms with E-state index >= 15 is 0 Å². The number of nitrogens with zero attached hydrogens (tertiary/aromatic N) is 1. The van der Waals surface area contributed by atoms with Crippen LogP contribution in [0.2, 0.25) is 0 Å². The van der Waals surface area contributed by atoms with E-state index in [-0.39, 0.29) is 0 Å². The molecule has 11 rings (SSSR count). The number of benzene rings is 10. The molecule has 1 nitrogen and oxygen atoms in total. The van der Waals surface area contributed by atoms with Crippen molar-refractivity contribution in [2.75, 3.05) is 4.90 Å². The molecule has 0 N–H and O–H groups in total. The molecule has 2 heteroatoms. The van der Waals surface area contributed by atoms with Crippen LogP contribution in [0, 0.1) is 0 Å². The Morgan fingerprint density at radius 1 is 0.328 bits per heavy atom. The van der Waals surface area contributed by atoms with Gasteiger partial charge in [0.05, 0.1) is 5.69 Å². The second-order valence-corrected chi connectivity index (χ2v) is 18.9. The van der Waals surface area contributed by atoms with Crippen LogP contribution in [0.1, 0.15) is 0 Å². The van der Waals surface area contributed by atoms with Crippen molar-refractivity contribution >= 4 is 67.4 Å². The highest BCUT2D eigenvalue weighted by molar-refractivity contribution is 7.22. The van der Waals surface area contributed by atoms with Gasteiger partial charge in [0.25, 0.3) is 0 Å². The van der Waals surface area contributed by atoms with Crippen molar-refractivity contribution < 1.29 is 0 Å². The third kappa shape index (κ3) is 5.30. The van der Waals surface area contributed by atoms with Crippen LogP contribution >= 0.6 is 0 Å². The normalized spacial score (nSPS) is 12.6. The van der Waals surface area contributed by atoms with Crippen LogP contribution < -0.4 is 25.6 Å². The molecule has 10 aromatic carbocycles. The molecule has 0 aromatic heterocycles. The van der Waals surface area contributed by atoms with Crippen LogP contribution in [0.15, 0.2) is 237 Å². The third-order valence-corrected chi connectivity index (χ3v) is 16.9. The van der Waals surface area contributed by atoms with E-state index in [0.717, 1.165) is 11.4 Å². The molecule has 0 amide bonds. The molecule has 1 aliphatic heterocycles. The molecule has 0 bridgehead atoms. The van der Waals surface area contributed by atoms with Crippen molar-refractivity contribution in [1.29, 1.82) is 0 Å². The average Bonchev–Trinajstić information content (AvgIpc) is 3.60. The van der Waals surface area contributed by atoms with Crippen molar-refractivity contribution in [3.63, 3.8) is 0 Å². The monoisotopic (exact) mass is 753 g/mol. The fourth-order valence-electron chi connectivity index (χ4n) is 9.68. The maximum Gasteiger partial charge on any atom is 0.180 e. The van der Waals surface area contributed by atoms with E-state index < -0.39 is 8.07 Å². The molecule has 0 saturated heterocycles. The summed E-state index contributed by atoms with van der Waals surface area (Å²) in [5.74, 6) is 0. The third-order valence-electron chi connectivity index (χ3n) is 12.1. The number of hydrogen-bond acceptors (Lipinski definition) is 1. The van der Waals surface area contributed by atoms with Gasteiger partial charge in [0, 0.05) is 22.3 Å². The summed E-state index contributed by atoms with van der Waals surface area (Å²) in [6.45, 7) is 0. The van der Waals surface area contributed by atoms with Crippen LogP contribution in [0.25, 0.3) is 54.9 Å². The summed E-state index contributed by atoms with van der Waals surface area (Å²) in [7, 11) is -2.76. The first-order valence-corrected chi connectivity index (χ1v) is 22.1.